The second kappa shape index (κ2) is 6.15. The lowest BCUT2D eigenvalue weighted by Gasteiger charge is -2.35. The van der Waals surface area contributed by atoms with Gasteiger partial charge in [-0.25, -0.2) is 4.79 Å². The van der Waals surface area contributed by atoms with Crippen LogP contribution in [0.4, 0.5) is 0 Å². The van der Waals surface area contributed by atoms with Crippen LogP contribution in [0.15, 0.2) is 0 Å². The van der Waals surface area contributed by atoms with Crippen molar-refractivity contribution >= 4 is 5.97 Å². The Bertz CT molecular complexity index is 231. The van der Waals surface area contributed by atoms with Crippen LogP contribution in [0.2, 0.25) is 0 Å². The van der Waals surface area contributed by atoms with E-state index in [2.05, 4.69) is 0 Å². The summed E-state index contributed by atoms with van der Waals surface area (Å²) >= 11 is 0. The molecule has 94 valence electrons. The van der Waals surface area contributed by atoms with Gasteiger partial charge in [0.05, 0.1) is 12.7 Å². The summed E-state index contributed by atoms with van der Waals surface area (Å²) in [6.45, 7) is 2.54. The van der Waals surface area contributed by atoms with Crippen LogP contribution in [0.3, 0.4) is 0 Å². The first-order chi connectivity index (χ1) is 7.56. The molecular formula is C10H18O6. The number of rotatable bonds is 5. The van der Waals surface area contributed by atoms with E-state index in [0.717, 1.165) is 6.42 Å². The molecule has 1 aliphatic heterocycles. The maximum Gasteiger partial charge on any atom is 0.332 e. The molecule has 3 unspecified atom stereocenters. The normalized spacial score (nSPS) is 34.9. The van der Waals surface area contributed by atoms with Crippen molar-refractivity contribution in [2.45, 2.75) is 44.2 Å². The first-order valence-corrected chi connectivity index (χ1v) is 5.38. The molecule has 0 aromatic carbocycles. The smallest absolute Gasteiger partial charge is 0.332 e. The molecule has 0 amide bonds. The van der Waals surface area contributed by atoms with Gasteiger partial charge in [-0.3, -0.25) is 0 Å². The Kier molecular flexibility index (Phi) is 5.14. The highest BCUT2D eigenvalue weighted by atomic mass is 16.6. The largest absolute Gasteiger partial charge is 0.479 e. The lowest BCUT2D eigenvalue weighted by Crippen LogP contribution is -2.52. The average Bonchev–Trinajstić information content (AvgIpc) is 2.24. The summed E-state index contributed by atoms with van der Waals surface area (Å²) in [4.78, 5) is 10.7. The summed E-state index contributed by atoms with van der Waals surface area (Å²) in [7, 11) is 0. The summed E-state index contributed by atoms with van der Waals surface area (Å²) in [6, 6.07) is 0. The van der Waals surface area contributed by atoms with E-state index in [-0.39, 0.29) is 13.0 Å². The predicted molar refractivity (Wildman–Crippen MR) is 54.0 cm³/mol. The van der Waals surface area contributed by atoms with Gasteiger partial charge in [-0.15, -0.1) is 0 Å². The number of carbonyl (C=O) groups is 1. The van der Waals surface area contributed by atoms with Crippen LogP contribution in [0.5, 0.6) is 0 Å². The van der Waals surface area contributed by atoms with Crippen molar-refractivity contribution in [2.24, 2.45) is 0 Å². The summed E-state index contributed by atoms with van der Waals surface area (Å²) in [5, 5.41) is 27.8. The van der Waals surface area contributed by atoms with E-state index < -0.39 is 30.4 Å². The van der Waals surface area contributed by atoms with Crippen molar-refractivity contribution in [2.75, 3.05) is 13.2 Å². The van der Waals surface area contributed by atoms with Gasteiger partial charge in [0.25, 0.3) is 0 Å². The Hall–Kier alpha value is -0.690. The number of hydrogen-bond donors (Lipinski definition) is 3. The first-order valence-electron chi connectivity index (χ1n) is 5.38. The second-order valence-corrected chi connectivity index (χ2v) is 3.87. The molecule has 1 heterocycles. The van der Waals surface area contributed by atoms with E-state index in [1.54, 1.807) is 0 Å². The molecule has 0 aliphatic carbocycles. The van der Waals surface area contributed by atoms with Crippen molar-refractivity contribution < 1.29 is 29.6 Å². The number of aliphatic carboxylic acids is 1. The summed E-state index contributed by atoms with van der Waals surface area (Å²) < 4.78 is 10.3. The number of aliphatic hydroxyl groups is 2. The minimum absolute atomic E-state index is 0.0931. The zero-order chi connectivity index (χ0) is 12.1. The fourth-order valence-corrected chi connectivity index (χ4v) is 1.59. The molecule has 1 aliphatic rings. The number of carboxylic acid groups (broad SMARTS) is 1. The number of ether oxygens (including phenoxy) is 2. The molecule has 0 aromatic rings. The van der Waals surface area contributed by atoms with Gasteiger partial charge < -0.3 is 24.8 Å². The second-order valence-electron chi connectivity index (χ2n) is 3.87. The highest BCUT2D eigenvalue weighted by Gasteiger charge is 2.39. The van der Waals surface area contributed by atoms with Gasteiger partial charge in [-0.2, -0.15) is 0 Å². The zero-order valence-corrected chi connectivity index (χ0v) is 9.20. The highest BCUT2D eigenvalue weighted by molar-refractivity contribution is 5.72. The molecule has 16 heavy (non-hydrogen) atoms. The molecule has 6 nitrogen and oxygen atoms in total. The monoisotopic (exact) mass is 234 g/mol. The van der Waals surface area contributed by atoms with Gasteiger partial charge in [-0.05, 0) is 6.42 Å². The van der Waals surface area contributed by atoms with E-state index in [1.807, 2.05) is 6.92 Å². The fraction of sp³-hybridized carbons (Fsp3) is 0.900. The van der Waals surface area contributed by atoms with Crippen molar-refractivity contribution in [3.63, 3.8) is 0 Å². The predicted octanol–water partition coefficient (Wildman–Crippen LogP) is -0.623. The van der Waals surface area contributed by atoms with Gasteiger partial charge in [0.1, 0.15) is 12.2 Å². The van der Waals surface area contributed by atoms with Crippen LogP contribution in [-0.4, -0.2) is 58.9 Å². The minimum atomic E-state index is -1.13. The molecule has 1 fully saturated rings. The highest BCUT2D eigenvalue weighted by Crippen LogP contribution is 2.21. The van der Waals surface area contributed by atoms with Crippen molar-refractivity contribution in [1.29, 1.82) is 0 Å². The average molecular weight is 234 g/mol. The molecule has 4 atom stereocenters. The molecule has 3 N–H and O–H groups in total. The maximum absolute atomic E-state index is 10.7. The summed E-state index contributed by atoms with van der Waals surface area (Å²) in [6.07, 6.45) is -3.29. The quantitative estimate of drug-likeness (QED) is 0.548. The Morgan fingerprint density at radius 1 is 1.50 bits per heavy atom. The molecule has 0 bridgehead atoms. The summed E-state index contributed by atoms with van der Waals surface area (Å²) in [5.41, 5.74) is 0. The Morgan fingerprint density at radius 2 is 2.19 bits per heavy atom. The third-order valence-corrected chi connectivity index (χ3v) is 2.48. The molecule has 1 saturated heterocycles. The van der Waals surface area contributed by atoms with Crippen molar-refractivity contribution in [3.8, 4) is 0 Å². The van der Waals surface area contributed by atoms with Crippen molar-refractivity contribution in [1.82, 2.24) is 0 Å². The third-order valence-electron chi connectivity index (χ3n) is 2.48. The molecule has 6 heteroatoms. The SMILES string of the molecule is CCCOC[C@@H]1OC(C(=O)O)CC(O)C1O. The molecule has 0 spiro atoms. The maximum atomic E-state index is 10.7. The van der Waals surface area contributed by atoms with Gasteiger partial charge >= 0.3 is 5.97 Å². The molecule has 0 saturated carbocycles. The van der Waals surface area contributed by atoms with E-state index in [9.17, 15) is 15.0 Å². The topological polar surface area (TPSA) is 96.2 Å². The fourth-order valence-electron chi connectivity index (χ4n) is 1.59. The van der Waals surface area contributed by atoms with Crippen LogP contribution in [0.25, 0.3) is 0 Å². The van der Waals surface area contributed by atoms with Crippen LogP contribution in [0.1, 0.15) is 19.8 Å². The van der Waals surface area contributed by atoms with E-state index in [0.29, 0.717) is 6.61 Å². The Labute approximate surface area is 93.8 Å². The van der Waals surface area contributed by atoms with Gasteiger partial charge in [0.2, 0.25) is 0 Å². The Balaban J connectivity index is 2.49. The van der Waals surface area contributed by atoms with E-state index in [4.69, 9.17) is 14.6 Å². The van der Waals surface area contributed by atoms with Crippen molar-refractivity contribution in [3.05, 3.63) is 0 Å². The first kappa shape index (κ1) is 13.4. The van der Waals surface area contributed by atoms with Crippen LogP contribution >= 0.6 is 0 Å². The van der Waals surface area contributed by atoms with Gasteiger partial charge in [-0.1, -0.05) is 6.92 Å². The van der Waals surface area contributed by atoms with Gasteiger partial charge in [0.15, 0.2) is 6.10 Å². The molecule has 0 aromatic heterocycles. The Morgan fingerprint density at radius 3 is 2.75 bits per heavy atom. The van der Waals surface area contributed by atoms with E-state index in [1.165, 1.54) is 0 Å². The van der Waals surface area contributed by atoms with Crippen LogP contribution in [-0.2, 0) is 14.3 Å². The molecule has 1 rings (SSSR count). The number of hydrogen-bond acceptors (Lipinski definition) is 5. The number of aliphatic hydroxyl groups excluding tert-OH is 2. The van der Waals surface area contributed by atoms with Gasteiger partial charge in [0, 0.05) is 13.0 Å². The van der Waals surface area contributed by atoms with Crippen LogP contribution < -0.4 is 0 Å². The molecule has 0 radical (unpaired) electrons. The number of carboxylic acids is 1. The standard InChI is InChI=1S/C10H18O6/c1-2-3-15-5-8-9(12)6(11)4-7(16-8)10(13)14/h6-9,11-12H,2-5H2,1H3,(H,13,14)/t6?,7?,8-,9?/m0/s1. The zero-order valence-electron chi connectivity index (χ0n) is 9.20. The lowest BCUT2D eigenvalue weighted by atomic mass is 9.98. The lowest BCUT2D eigenvalue weighted by molar-refractivity contribution is -0.199. The molecular weight excluding hydrogens is 216 g/mol. The minimum Gasteiger partial charge on any atom is -0.479 e. The van der Waals surface area contributed by atoms with Crippen LogP contribution in [0, 0.1) is 0 Å². The summed E-state index contributed by atoms with van der Waals surface area (Å²) in [5.74, 6) is -1.13. The van der Waals surface area contributed by atoms with E-state index >= 15 is 0 Å². The third kappa shape index (κ3) is 3.41.